The van der Waals surface area contributed by atoms with Crippen molar-refractivity contribution < 1.29 is 9.13 Å². The van der Waals surface area contributed by atoms with E-state index in [1.54, 1.807) is 6.08 Å². The standard InChI is InChI=1S/C14H17FN2O/c1-2-3-7-18-8-6-17-11-13-9-14(15)5-4-12(13)10-16/h2,4-5,9,17H,1,3,6-8,11H2. The van der Waals surface area contributed by atoms with Gasteiger partial charge < -0.3 is 10.1 Å². The number of nitrogens with one attached hydrogen (secondary N) is 1. The average Bonchev–Trinajstić information content (AvgIpc) is 2.38. The number of rotatable bonds is 8. The van der Waals surface area contributed by atoms with Crippen molar-refractivity contribution in [1.29, 1.82) is 5.26 Å². The van der Waals surface area contributed by atoms with E-state index in [1.165, 1.54) is 18.2 Å². The van der Waals surface area contributed by atoms with Gasteiger partial charge in [-0.2, -0.15) is 5.26 Å². The molecule has 0 aliphatic heterocycles. The third kappa shape index (κ3) is 5.09. The van der Waals surface area contributed by atoms with E-state index in [-0.39, 0.29) is 5.82 Å². The molecule has 1 N–H and O–H groups in total. The molecule has 0 aliphatic carbocycles. The Labute approximate surface area is 107 Å². The van der Waals surface area contributed by atoms with E-state index >= 15 is 0 Å². The summed E-state index contributed by atoms with van der Waals surface area (Å²) >= 11 is 0. The van der Waals surface area contributed by atoms with Gasteiger partial charge in [0.25, 0.3) is 0 Å². The molecular weight excluding hydrogens is 231 g/mol. The maximum atomic E-state index is 13.0. The lowest BCUT2D eigenvalue weighted by molar-refractivity contribution is 0.140. The van der Waals surface area contributed by atoms with Gasteiger partial charge in [0.05, 0.1) is 24.8 Å². The van der Waals surface area contributed by atoms with Crippen molar-refractivity contribution in [2.75, 3.05) is 19.8 Å². The Kier molecular flexibility index (Phi) is 6.70. The molecule has 0 radical (unpaired) electrons. The van der Waals surface area contributed by atoms with Crippen LogP contribution >= 0.6 is 0 Å². The van der Waals surface area contributed by atoms with Gasteiger partial charge in [0.1, 0.15) is 5.82 Å². The fourth-order valence-electron chi connectivity index (χ4n) is 1.45. The number of benzene rings is 1. The van der Waals surface area contributed by atoms with Gasteiger partial charge in [-0.3, -0.25) is 0 Å². The number of nitriles is 1. The van der Waals surface area contributed by atoms with Crippen LogP contribution < -0.4 is 5.32 Å². The molecule has 0 atom stereocenters. The smallest absolute Gasteiger partial charge is 0.123 e. The number of hydrogen-bond acceptors (Lipinski definition) is 3. The fraction of sp³-hybridized carbons (Fsp3) is 0.357. The second kappa shape index (κ2) is 8.40. The Hall–Kier alpha value is -1.70. The molecule has 18 heavy (non-hydrogen) atoms. The molecule has 96 valence electrons. The lowest BCUT2D eigenvalue weighted by Gasteiger charge is -2.07. The van der Waals surface area contributed by atoms with Crippen molar-refractivity contribution in [3.8, 4) is 6.07 Å². The summed E-state index contributed by atoms with van der Waals surface area (Å²) in [6.45, 7) is 5.98. The highest BCUT2D eigenvalue weighted by Gasteiger charge is 2.02. The van der Waals surface area contributed by atoms with Crippen molar-refractivity contribution in [2.24, 2.45) is 0 Å². The number of halogens is 1. The Morgan fingerprint density at radius 2 is 2.28 bits per heavy atom. The zero-order chi connectivity index (χ0) is 13.2. The molecule has 0 unspecified atom stereocenters. The summed E-state index contributed by atoms with van der Waals surface area (Å²) in [6.07, 6.45) is 2.64. The first-order chi connectivity index (χ1) is 8.77. The molecule has 1 aromatic rings. The highest BCUT2D eigenvalue weighted by Crippen LogP contribution is 2.09. The van der Waals surface area contributed by atoms with Gasteiger partial charge in [0.15, 0.2) is 0 Å². The van der Waals surface area contributed by atoms with Gasteiger partial charge in [-0.25, -0.2) is 4.39 Å². The predicted molar refractivity (Wildman–Crippen MR) is 68.5 cm³/mol. The monoisotopic (exact) mass is 248 g/mol. The van der Waals surface area contributed by atoms with Crippen LogP contribution in [-0.4, -0.2) is 19.8 Å². The minimum absolute atomic E-state index is 0.326. The maximum absolute atomic E-state index is 13.0. The predicted octanol–water partition coefficient (Wildman–Crippen LogP) is 2.38. The first kappa shape index (κ1) is 14.4. The molecule has 0 saturated carbocycles. The van der Waals surface area contributed by atoms with Crippen LogP contribution in [0.4, 0.5) is 4.39 Å². The maximum Gasteiger partial charge on any atom is 0.123 e. The SMILES string of the molecule is C=CCCOCCNCc1cc(F)ccc1C#N. The molecule has 0 saturated heterocycles. The molecule has 3 nitrogen and oxygen atoms in total. The van der Waals surface area contributed by atoms with Gasteiger partial charge in [0, 0.05) is 13.1 Å². The van der Waals surface area contributed by atoms with E-state index in [0.29, 0.717) is 37.4 Å². The van der Waals surface area contributed by atoms with Crippen LogP contribution in [0.2, 0.25) is 0 Å². The molecular formula is C14H17FN2O. The zero-order valence-corrected chi connectivity index (χ0v) is 10.3. The summed E-state index contributed by atoms with van der Waals surface area (Å²) in [5.74, 6) is -0.326. The normalized spacial score (nSPS) is 10.0. The summed E-state index contributed by atoms with van der Waals surface area (Å²) in [6, 6.07) is 6.21. The van der Waals surface area contributed by atoms with Gasteiger partial charge in [0.2, 0.25) is 0 Å². The number of nitrogens with zero attached hydrogens (tertiary/aromatic N) is 1. The topological polar surface area (TPSA) is 45.0 Å². The second-order valence-electron chi connectivity index (χ2n) is 3.78. The average molecular weight is 248 g/mol. The number of ether oxygens (including phenoxy) is 1. The van der Waals surface area contributed by atoms with Crippen molar-refractivity contribution in [2.45, 2.75) is 13.0 Å². The quantitative estimate of drug-likeness (QED) is 0.567. The summed E-state index contributed by atoms with van der Waals surface area (Å²) in [4.78, 5) is 0. The van der Waals surface area contributed by atoms with E-state index in [1.807, 2.05) is 6.07 Å². The Bertz CT molecular complexity index is 426. The summed E-state index contributed by atoms with van der Waals surface area (Å²) < 4.78 is 18.3. The third-order valence-corrected chi connectivity index (χ3v) is 2.39. The highest BCUT2D eigenvalue weighted by atomic mass is 19.1. The van der Waals surface area contributed by atoms with Crippen LogP contribution in [0.25, 0.3) is 0 Å². The van der Waals surface area contributed by atoms with Crippen LogP contribution in [0.1, 0.15) is 17.5 Å². The number of hydrogen-bond donors (Lipinski definition) is 1. The summed E-state index contributed by atoms with van der Waals surface area (Å²) in [7, 11) is 0. The molecule has 4 heteroatoms. The van der Waals surface area contributed by atoms with Crippen LogP contribution in [0.3, 0.4) is 0 Å². The van der Waals surface area contributed by atoms with E-state index in [0.717, 1.165) is 6.42 Å². The van der Waals surface area contributed by atoms with E-state index in [4.69, 9.17) is 10.00 Å². The molecule has 1 rings (SSSR count). The molecule has 0 aliphatic rings. The van der Waals surface area contributed by atoms with Gasteiger partial charge in [-0.05, 0) is 30.2 Å². The van der Waals surface area contributed by atoms with Crippen LogP contribution in [0.5, 0.6) is 0 Å². The molecule has 0 aromatic heterocycles. The van der Waals surface area contributed by atoms with Gasteiger partial charge in [-0.1, -0.05) is 6.08 Å². The third-order valence-electron chi connectivity index (χ3n) is 2.39. The first-order valence-electron chi connectivity index (χ1n) is 5.86. The van der Waals surface area contributed by atoms with E-state index in [9.17, 15) is 4.39 Å². The van der Waals surface area contributed by atoms with Gasteiger partial charge in [-0.15, -0.1) is 6.58 Å². The van der Waals surface area contributed by atoms with Crippen molar-refractivity contribution in [3.63, 3.8) is 0 Å². The molecule has 0 fully saturated rings. The molecule has 0 spiro atoms. The van der Waals surface area contributed by atoms with Crippen molar-refractivity contribution in [3.05, 3.63) is 47.8 Å². The summed E-state index contributed by atoms with van der Waals surface area (Å²) in [5, 5.41) is 12.0. The fourth-order valence-corrected chi connectivity index (χ4v) is 1.45. The lowest BCUT2D eigenvalue weighted by Crippen LogP contribution is -2.20. The Balaban J connectivity index is 2.29. The molecule has 1 aromatic carbocycles. The van der Waals surface area contributed by atoms with Crippen LogP contribution in [0, 0.1) is 17.1 Å². The minimum Gasteiger partial charge on any atom is -0.380 e. The van der Waals surface area contributed by atoms with Crippen molar-refractivity contribution >= 4 is 0 Å². The van der Waals surface area contributed by atoms with Crippen LogP contribution in [0.15, 0.2) is 30.9 Å². The van der Waals surface area contributed by atoms with E-state index in [2.05, 4.69) is 11.9 Å². The molecule has 0 bridgehead atoms. The Morgan fingerprint density at radius 3 is 3.00 bits per heavy atom. The van der Waals surface area contributed by atoms with Crippen molar-refractivity contribution in [1.82, 2.24) is 5.32 Å². The highest BCUT2D eigenvalue weighted by molar-refractivity contribution is 5.37. The molecule has 0 heterocycles. The molecule has 0 amide bonds. The second-order valence-corrected chi connectivity index (χ2v) is 3.78. The summed E-state index contributed by atoms with van der Waals surface area (Å²) in [5.41, 5.74) is 1.17. The van der Waals surface area contributed by atoms with E-state index < -0.39 is 0 Å². The minimum atomic E-state index is -0.326. The van der Waals surface area contributed by atoms with Crippen LogP contribution in [-0.2, 0) is 11.3 Å². The largest absolute Gasteiger partial charge is 0.380 e. The Morgan fingerprint density at radius 1 is 1.44 bits per heavy atom. The zero-order valence-electron chi connectivity index (χ0n) is 10.3. The van der Waals surface area contributed by atoms with Gasteiger partial charge >= 0.3 is 0 Å². The lowest BCUT2D eigenvalue weighted by atomic mass is 10.1. The first-order valence-corrected chi connectivity index (χ1v) is 5.86.